The SMILES string of the molecule is C=C1CC(=O)N(CCC(=O)NCC(O)COCC(C)OCC(O)CNC(=O)CCN2C(=O)CC(=C)C2=O)C1=O. The van der Waals surface area contributed by atoms with Crippen molar-refractivity contribution in [3.05, 3.63) is 24.3 Å². The molecule has 0 saturated carbocycles. The molecule has 0 radical (unpaired) electrons. The standard InChI is InChI=1S/C25H36N4O10/c1-15-8-22(34)28(24(15)36)6-4-20(32)26-10-18(30)13-38-12-17(3)39-14-19(31)11-27-21(33)5-7-29-23(35)9-16(2)25(29)37/h17-19,30-31H,1-2,4-14H2,3H3,(H,26,32)(H,27,33). The number of amides is 6. The first kappa shape index (κ1) is 31.8. The Morgan fingerprint density at radius 1 is 0.821 bits per heavy atom. The molecule has 3 atom stereocenters. The van der Waals surface area contributed by atoms with Gasteiger partial charge >= 0.3 is 0 Å². The summed E-state index contributed by atoms with van der Waals surface area (Å²) in [6.45, 7) is 8.31. The van der Waals surface area contributed by atoms with Crippen LogP contribution in [0.25, 0.3) is 0 Å². The maximum absolute atomic E-state index is 11.9. The van der Waals surface area contributed by atoms with Gasteiger partial charge in [-0.15, -0.1) is 0 Å². The van der Waals surface area contributed by atoms with Gasteiger partial charge in [-0.3, -0.25) is 38.6 Å². The zero-order valence-corrected chi connectivity index (χ0v) is 22.0. The van der Waals surface area contributed by atoms with Crippen LogP contribution in [0.3, 0.4) is 0 Å². The van der Waals surface area contributed by atoms with E-state index in [-0.39, 0.29) is 82.8 Å². The van der Waals surface area contributed by atoms with Gasteiger partial charge in [0.2, 0.25) is 23.6 Å². The van der Waals surface area contributed by atoms with Gasteiger partial charge in [-0.25, -0.2) is 0 Å². The quantitative estimate of drug-likeness (QED) is 0.113. The summed E-state index contributed by atoms with van der Waals surface area (Å²) in [5.41, 5.74) is 0.393. The van der Waals surface area contributed by atoms with E-state index >= 15 is 0 Å². The minimum absolute atomic E-state index is 0.0431. The summed E-state index contributed by atoms with van der Waals surface area (Å²) in [6, 6.07) is 0. The molecule has 14 heteroatoms. The molecule has 0 aromatic rings. The molecule has 2 aliphatic heterocycles. The van der Waals surface area contributed by atoms with Gasteiger partial charge in [0, 0.05) is 50.2 Å². The van der Waals surface area contributed by atoms with Gasteiger partial charge in [-0.2, -0.15) is 0 Å². The second kappa shape index (κ2) is 15.2. The molecule has 0 aromatic carbocycles. The minimum atomic E-state index is -1.00. The number of ether oxygens (including phenoxy) is 2. The van der Waals surface area contributed by atoms with Crippen LogP contribution in [0.4, 0.5) is 0 Å². The van der Waals surface area contributed by atoms with Crippen molar-refractivity contribution < 1.29 is 48.5 Å². The van der Waals surface area contributed by atoms with Crippen molar-refractivity contribution in [3.63, 3.8) is 0 Å². The van der Waals surface area contributed by atoms with Crippen molar-refractivity contribution in [3.8, 4) is 0 Å². The highest BCUT2D eigenvalue weighted by molar-refractivity contribution is 6.13. The molecule has 2 aliphatic rings. The lowest BCUT2D eigenvalue weighted by molar-refractivity contribution is -0.140. The monoisotopic (exact) mass is 552 g/mol. The number of likely N-dealkylation sites (tertiary alicyclic amines) is 2. The Balaban J connectivity index is 1.50. The van der Waals surface area contributed by atoms with Crippen LogP contribution in [-0.4, -0.2) is 120 Å². The van der Waals surface area contributed by atoms with Crippen LogP contribution in [0, 0.1) is 0 Å². The van der Waals surface area contributed by atoms with Crippen LogP contribution in [0.1, 0.15) is 32.6 Å². The zero-order valence-electron chi connectivity index (χ0n) is 22.0. The van der Waals surface area contributed by atoms with E-state index in [1.54, 1.807) is 6.92 Å². The topological polar surface area (TPSA) is 192 Å². The lowest BCUT2D eigenvalue weighted by Gasteiger charge is -2.19. The van der Waals surface area contributed by atoms with Crippen molar-refractivity contribution in [2.45, 2.75) is 50.9 Å². The molecular weight excluding hydrogens is 516 g/mol. The average Bonchev–Trinajstić information content (AvgIpc) is 3.27. The summed E-state index contributed by atoms with van der Waals surface area (Å²) < 4.78 is 10.8. The molecule has 2 saturated heterocycles. The van der Waals surface area contributed by atoms with Crippen molar-refractivity contribution in [2.24, 2.45) is 0 Å². The Kier molecular flexibility index (Phi) is 12.4. The molecule has 14 nitrogen and oxygen atoms in total. The first-order valence-corrected chi connectivity index (χ1v) is 12.5. The number of hydrogen-bond donors (Lipinski definition) is 4. The number of aliphatic hydroxyl groups is 2. The third-order valence-corrected chi connectivity index (χ3v) is 5.86. The van der Waals surface area contributed by atoms with E-state index < -0.39 is 53.8 Å². The maximum Gasteiger partial charge on any atom is 0.256 e. The molecule has 6 amide bonds. The summed E-state index contributed by atoms with van der Waals surface area (Å²) in [7, 11) is 0. The minimum Gasteiger partial charge on any atom is -0.389 e. The van der Waals surface area contributed by atoms with E-state index in [0.29, 0.717) is 0 Å². The van der Waals surface area contributed by atoms with Crippen LogP contribution in [0.5, 0.6) is 0 Å². The summed E-state index contributed by atoms with van der Waals surface area (Å²) >= 11 is 0. The summed E-state index contributed by atoms with van der Waals surface area (Å²) in [5.74, 6) is -2.61. The van der Waals surface area contributed by atoms with Crippen molar-refractivity contribution in [1.29, 1.82) is 0 Å². The summed E-state index contributed by atoms with van der Waals surface area (Å²) in [5, 5.41) is 25.0. The Hall–Kier alpha value is -3.46. The number of carbonyl (C=O) groups is 6. The van der Waals surface area contributed by atoms with E-state index in [9.17, 15) is 39.0 Å². The second-order valence-electron chi connectivity index (χ2n) is 9.36. The Bertz CT molecular complexity index is 997. The van der Waals surface area contributed by atoms with E-state index in [1.165, 1.54) is 0 Å². The predicted molar refractivity (Wildman–Crippen MR) is 134 cm³/mol. The highest BCUT2D eigenvalue weighted by Crippen LogP contribution is 2.17. The Morgan fingerprint density at radius 3 is 1.67 bits per heavy atom. The number of aliphatic hydroxyl groups excluding tert-OH is 2. The third-order valence-electron chi connectivity index (χ3n) is 5.86. The summed E-state index contributed by atoms with van der Waals surface area (Å²) in [4.78, 5) is 72.7. The van der Waals surface area contributed by atoms with Gasteiger partial charge in [0.25, 0.3) is 11.8 Å². The Labute approximate surface area is 226 Å². The first-order chi connectivity index (χ1) is 18.4. The van der Waals surface area contributed by atoms with E-state index in [0.717, 1.165) is 9.80 Å². The van der Waals surface area contributed by atoms with Crippen molar-refractivity contribution >= 4 is 35.4 Å². The number of hydrogen-bond acceptors (Lipinski definition) is 10. The first-order valence-electron chi connectivity index (χ1n) is 12.5. The number of rotatable bonds is 17. The van der Waals surface area contributed by atoms with E-state index in [4.69, 9.17) is 9.47 Å². The molecule has 2 heterocycles. The van der Waals surface area contributed by atoms with Gasteiger partial charge in [-0.05, 0) is 6.92 Å². The smallest absolute Gasteiger partial charge is 0.256 e. The molecule has 3 unspecified atom stereocenters. The lowest BCUT2D eigenvalue weighted by atomic mass is 10.3. The van der Waals surface area contributed by atoms with Gasteiger partial charge in [0.05, 0.1) is 51.0 Å². The van der Waals surface area contributed by atoms with Gasteiger partial charge < -0.3 is 30.3 Å². The summed E-state index contributed by atoms with van der Waals surface area (Å²) in [6.07, 6.45) is -2.73. The molecule has 2 rings (SSSR count). The maximum atomic E-state index is 11.9. The molecular formula is C25H36N4O10. The fraction of sp³-hybridized carbons (Fsp3) is 0.600. The molecule has 0 bridgehead atoms. The van der Waals surface area contributed by atoms with Gasteiger partial charge in [0.15, 0.2) is 0 Å². The van der Waals surface area contributed by atoms with E-state index in [1.807, 2.05) is 0 Å². The normalized spacial score (nSPS) is 18.1. The van der Waals surface area contributed by atoms with Crippen molar-refractivity contribution in [2.75, 3.05) is 46.0 Å². The molecule has 0 spiro atoms. The molecule has 4 N–H and O–H groups in total. The number of carbonyl (C=O) groups excluding carboxylic acids is 6. The Morgan fingerprint density at radius 2 is 1.26 bits per heavy atom. The third kappa shape index (κ3) is 10.3. The molecule has 2 fully saturated rings. The fourth-order valence-corrected chi connectivity index (χ4v) is 3.65. The molecule has 216 valence electrons. The van der Waals surface area contributed by atoms with Gasteiger partial charge in [0.1, 0.15) is 0 Å². The van der Waals surface area contributed by atoms with Crippen LogP contribution in [-0.2, 0) is 38.2 Å². The average molecular weight is 553 g/mol. The number of nitrogens with zero attached hydrogens (tertiary/aromatic N) is 2. The predicted octanol–water partition coefficient (Wildman–Crippen LogP) is -2.23. The van der Waals surface area contributed by atoms with Crippen LogP contribution < -0.4 is 10.6 Å². The zero-order chi connectivity index (χ0) is 29.1. The number of imide groups is 2. The fourth-order valence-electron chi connectivity index (χ4n) is 3.65. The molecule has 0 aromatic heterocycles. The van der Waals surface area contributed by atoms with Crippen LogP contribution in [0.15, 0.2) is 24.3 Å². The molecule has 39 heavy (non-hydrogen) atoms. The van der Waals surface area contributed by atoms with Crippen LogP contribution in [0.2, 0.25) is 0 Å². The second-order valence-corrected chi connectivity index (χ2v) is 9.36. The van der Waals surface area contributed by atoms with Crippen molar-refractivity contribution in [1.82, 2.24) is 20.4 Å². The highest BCUT2D eigenvalue weighted by Gasteiger charge is 2.33. The van der Waals surface area contributed by atoms with Crippen LogP contribution >= 0.6 is 0 Å². The molecule has 0 aliphatic carbocycles. The lowest BCUT2D eigenvalue weighted by Crippen LogP contribution is -2.39. The van der Waals surface area contributed by atoms with Gasteiger partial charge in [-0.1, -0.05) is 13.2 Å². The highest BCUT2D eigenvalue weighted by atomic mass is 16.5. The van der Waals surface area contributed by atoms with E-state index in [2.05, 4.69) is 23.8 Å². The largest absolute Gasteiger partial charge is 0.389 e. The number of nitrogens with one attached hydrogen (secondary N) is 2.